The van der Waals surface area contributed by atoms with Gasteiger partial charge in [0.05, 0.1) is 4.90 Å². The van der Waals surface area contributed by atoms with Crippen LogP contribution in [0.3, 0.4) is 0 Å². The van der Waals surface area contributed by atoms with E-state index in [1.165, 1.54) is 6.08 Å². The van der Waals surface area contributed by atoms with E-state index < -0.39 is 16.0 Å². The van der Waals surface area contributed by atoms with Gasteiger partial charge in [-0.2, -0.15) is 4.31 Å². The summed E-state index contributed by atoms with van der Waals surface area (Å²) in [6, 6.07) is 6.60. The first kappa shape index (κ1) is 24.5. The third-order valence-corrected chi connectivity index (χ3v) is 8.13. The van der Waals surface area contributed by atoms with Gasteiger partial charge in [-0.15, -0.1) is 0 Å². The molecule has 0 radical (unpaired) electrons. The third-order valence-electron chi connectivity index (χ3n) is 6.22. The zero-order valence-corrected chi connectivity index (χ0v) is 19.6. The summed E-state index contributed by atoms with van der Waals surface area (Å²) in [6.07, 6.45) is 10.8. The molecule has 1 saturated heterocycles. The van der Waals surface area contributed by atoms with Crippen molar-refractivity contribution in [1.29, 1.82) is 0 Å². The second-order valence-electron chi connectivity index (χ2n) is 8.85. The van der Waals surface area contributed by atoms with E-state index in [2.05, 4.69) is 12.2 Å². The first-order chi connectivity index (χ1) is 15.3. The fourth-order valence-electron chi connectivity index (χ4n) is 4.20. The summed E-state index contributed by atoms with van der Waals surface area (Å²) in [5.74, 6) is -0.192. The maximum atomic E-state index is 12.8. The lowest BCUT2D eigenvalue weighted by atomic mass is 9.87. The van der Waals surface area contributed by atoms with Crippen molar-refractivity contribution in [2.24, 2.45) is 5.92 Å². The molecular weight excluding hydrogens is 428 g/mol. The van der Waals surface area contributed by atoms with Crippen LogP contribution in [0.5, 0.6) is 0 Å². The van der Waals surface area contributed by atoms with Gasteiger partial charge >= 0.3 is 5.97 Å². The van der Waals surface area contributed by atoms with Gasteiger partial charge in [-0.3, -0.25) is 4.79 Å². The van der Waals surface area contributed by atoms with Crippen LogP contribution < -0.4 is 5.32 Å². The second-order valence-corrected chi connectivity index (χ2v) is 10.8. The maximum absolute atomic E-state index is 12.8. The van der Waals surface area contributed by atoms with Crippen LogP contribution in [0.4, 0.5) is 0 Å². The lowest BCUT2D eigenvalue weighted by Gasteiger charge is -2.26. The van der Waals surface area contributed by atoms with Crippen LogP contribution in [-0.2, 0) is 24.3 Å². The van der Waals surface area contributed by atoms with Gasteiger partial charge in [0.2, 0.25) is 10.0 Å². The Kier molecular flexibility index (Phi) is 8.87. The summed E-state index contributed by atoms with van der Waals surface area (Å²) in [6.45, 7) is 3.03. The molecule has 1 amide bonds. The molecule has 0 atom stereocenters. The molecule has 0 aromatic heterocycles. The quantitative estimate of drug-likeness (QED) is 0.495. The van der Waals surface area contributed by atoms with Gasteiger partial charge in [-0.25, -0.2) is 13.2 Å². The minimum atomic E-state index is -3.49. The van der Waals surface area contributed by atoms with Crippen molar-refractivity contribution in [2.75, 3.05) is 19.7 Å². The number of sulfonamides is 1. The highest BCUT2D eigenvalue weighted by Crippen LogP contribution is 2.23. The number of carbonyl (C=O) groups is 2. The van der Waals surface area contributed by atoms with Crippen LogP contribution in [-0.4, -0.2) is 50.3 Å². The summed E-state index contributed by atoms with van der Waals surface area (Å²) in [5.41, 5.74) is 0.678. The number of nitrogens with one attached hydrogen (secondary N) is 1. The van der Waals surface area contributed by atoms with Gasteiger partial charge in [0, 0.05) is 25.2 Å². The summed E-state index contributed by atoms with van der Waals surface area (Å²) in [7, 11) is -3.49. The number of hydrogen-bond donors (Lipinski definition) is 1. The smallest absolute Gasteiger partial charge is 0.331 e. The van der Waals surface area contributed by atoms with Crippen molar-refractivity contribution < 1.29 is 22.7 Å². The Morgan fingerprint density at radius 2 is 1.66 bits per heavy atom. The first-order valence-electron chi connectivity index (χ1n) is 11.6. The molecule has 0 unspecified atom stereocenters. The Labute approximate surface area is 191 Å². The van der Waals surface area contributed by atoms with Crippen LogP contribution in [0.2, 0.25) is 0 Å². The average molecular weight is 463 g/mol. The standard InChI is InChI=1S/C24H34N2O5S/c1-19-6-11-21(12-7-19)25-23(27)18-31-24(28)15-10-20-8-13-22(14-9-20)32(29,30)26-16-4-2-3-5-17-26/h8-10,13-15,19,21H,2-7,11-12,16-18H2,1H3,(H,25,27)/b15-10+. The number of amides is 1. The molecule has 1 saturated carbocycles. The summed E-state index contributed by atoms with van der Waals surface area (Å²) < 4.78 is 32.2. The predicted octanol–water partition coefficient (Wildman–Crippen LogP) is 3.50. The van der Waals surface area contributed by atoms with E-state index in [9.17, 15) is 18.0 Å². The molecule has 3 rings (SSSR count). The molecule has 1 N–H and O–H groups in total. The number of carbonyl (C=O) groups excluding carboxylic acids is 2. The Morgan fingerprint density at radius 1 is 1.03 bits per heavy atom. The van der Waals surface area contributed by atoms with Gasteiger partial charge in [0.1, 0.15) is 0 Å². The molecule has 0 spiro atoms. The van der Waals surface area contributed by atoms with Gasteiger partial charge in [0.25, 0.3) is 5.91 Å². The van der Waals surface area contributed by atoms with Gasteiger partial charge in [-0.1, -0.05) is 31.9 Å². The van der Waals surface area contributed by atoms with Crippen molar-refractivity contribution in [1.82, 2.24) is 9.62 Å². The van der Waals surface area contributed by atoms with Gasteiger partial charge in [-0.05, 0) is 68.2 Å². The SMILES string of the molecule is CC1CCC(NC(=O)COC(=O)/C=C/c2ccc(S(=O)(=O)N3CCCCCC3)cc2)CC1. The molecule has 32 heavy (non-hydrogen) atoms. The van der Waals surface area contributed by atoms with Crippen LogP contribution >= 0.6 is 0 Å². The van der Waals surface area contributed by atoms with Crippen molar-refractivity contribution >= 4 is 28.0 Å². The van der Waals surface area contributed by atoms with Crippen LogP contribution in [0.15, 0.2) is 35.2 Å². The van der Waals surface area contributed by atoms with Crippen LogP contribution in [0.25, 0.3) is 6.08 Å². The van der Waals surface area contributed by atoms with Crippen molar-refractivity contribution in [3.05, 3.63) is 35.9 Å². The molecule has 8 heteroatoms. The summed E-state index contributed by atoms with van der Waals surface area (Å²) in [5, 5.41) is 2.92. The fraction of sp³-hybridized carbons (Fsp3) is 0.583. The van der Waals surface area contributed by atoms with Crippen LogP contribution in [0, 0.1) is 5.92 Å². The minimum Gasteiger partial charge on any atom is -0.452 e. The van der Waals surface area contributed by atoms with Gasteiger partial charge < -0.3 is 10.1 Å². The number of rotatable bonds is 7. The minimum absolute atomic E-state index is 0.164. The molecule has 2 fully saturated rings. The van der Waals surface area contributed by atoms with E-state index in [-0.39, 0.29) is 23.5 Å². The average Bonchev–Trinajstić information content (AvgIpc) is 3.08. The van der Waals surface area contributed by atoms with E-state index in [4.69, 9.17) is 4.74 Å². The molecular formula is C24H34N2O5S. The van der Waals surface area contributed by atoms with E-state index in [1.54, 1.807) is 34.6 Å². The number of ether oxygens (including phenoxy) is 1. The molecule has 0 bridgehead atoms. The van der Waals surface area contributed by atoms with Crippen molar-refractivity contribution in [3.63, 3.8) is 0 Å². The number of hydrogen-bond acceptors (Lipinski definition) is 5. The number of esters is 1. The zero-order valence-electron chi connectivity index (χ0n) is 18.8. The Hall–Kier alpha value is -2.19. The van der Waals surface area contributed by atoms with Gasteiger partial charge in [0.15, 0.2) is 6.61 Å². The highest BCUT2D eigenvalue weighted by molar-refractivity contribution is 7.89. The van der Waals surface area contributed by atoms with Crippen molar-refractivity contribution in [3.8, 4) is 0 Å². The van der Waals surface area contributed by atoms with Crippen LogP contribution in [0.1, 0.15) is 63.9 Å². The highest BCUT2D eigenvalue weighted by Gasteiger charge is 2.25. The Morgan fingerprint density at radius 3 is 2.28 bits per heavy atom. The monoisotopic (exact) mass is 462 g/mol. The molecule has 1 aromatic carbocycles. The largest absolute Gasteiger partial charge is 0.452 e. The fourth-order valence-corrected chi connectivity index (χ4v) is 5.72. The predicted molar refractivity (Wildman–Crippen MR) is 123 cm³/mol. The maximum Gasteiger partial charge on any atom is 0.331 e. The molecule has 1 aromatic rings. The Bertz CT molecular complexity index is 895. The topological polar surface area (TPSA) is 92.8 Å². The van der Waals surface area contributed by atoms with Crippen molar-refractivity contribution in [2.45, 2.75) is 69.2 Å². The first-order valence-corrected chi connectivity index (χ1v) is 13.0. The number of benzene rings is 1. The molecule has 1 aliphatic carbocycles. The van der Waals surface area contributed by atoms with E-state index in [0.29, 0.717) is 24.6 Å². The van der Waals surface area contributed by atoms with E-state index in [1.807, 2.05) is 0 Å². The normalized spacial score (nSPS) is 22.9. The highest BCUT2D eigenvalue weighted by atomic mass is 32.2. The summed E-state index contributed by atoms with van der Waals surface area (Å²) in [4.78, 5) is 24.2. The number of nitrogens with zero attached hydrogens (tertiary/aromatic N) is 1. The van der Waals surface area contributed by atoms with E-state index in [0.717, 1.165) is 51.4 Å². The zero-order chi connectivity index (χ0) is 23.0. The summed E-state index contributed by atoms with van der Waals surface area (Å²) >= 11 is 0. The molecule has 1 aliphatic heterocycles. The molecule has 2 aliphatic rings. The van der Waals surface area contributed by atoms with E-state index >= 15 is 0 Å². The molecule has 1 heterocycles. The Balaban J connectivity index is 1.46. The molecule has 176 valence electrons. The second kappa shape index (κ2) is 11.6. The molecule has 7 nitrogen and oxygen atoms in total. The lowest BCUT2D eigenvalue weighted by Crippen LogP contribution is -2.39. The lowest BCUT2D eigenvalue weighted by molar-refractivity contribution is -0.144. The third kappa shape index (κ3) is 7.17.